The third kappa shape index (κ3) is 4.63. The van der Waals surface area contributed by atoms with Crippen molar-refractivity contribution in [1.29, 1.82) is 0 Å². The lowest BCUT2D eigenvalue weighted by atomic mass is 10.3. The number of aromatic nitrogens is 1. The molecule has 106 valence electrons. The highest BCUT2D eigenvalue weighted by molar-refractivity contribution is 5.42. The van der Waals surface area contributed by atoms with Gasteiger partial charge >= 0.3 is 0 Å². The van der Waals surface area contributed by atoms with Crippen LogP contribution in [0.1, 0.15) is 12.6 Å². The molecule has 0 atom stereocenters. The summed E-state index contributed by atoms with van der Waals surface area (Å²) >= 11 is 0. The number of nitrogens with zero attached hydrogens (tertiary/aromatic N) is 2. The number of nitrogens with one attached hydrogen (secondary N) is 1. The van der Waals surface area contributed by atoms with Crippen molar-refractivity contribution in [2.24, 2.45) is 0 Å². The molecule has 3 nitrogen and oxygen atoms in total. The molecule has 2 rings (SSSR count). The van der Waals surface area contributed by atoms with Crippen molar-refractivity contribution < 1.29 is 4.39 Å². The summed E-state index contributed by atoms with van der Waals surface area (Å²) in [5, 5.41) is 3.23. The van der Waals surface area contributed by atoms with Gasteiger partial charge in [-0.2, -0.15) is 0 Å². The monoisotopic (exact) mass is 273 g/mol. The van der Waals surface area contributed by atoms with Crippen molar-refractivity contribution in [3.8, 4) is 0 Å². The number of hydrogen-bond donors (Lipinski definition) is 1. The first-order valence-electron chi connectivity index (χ1n) is 6.89. The molecule has 1 aromatic carbocycles. The van der Waals surface area contributed by atoms with Gasteiger partial charge in [-0.05, 0) is 36.9 Å². The van der Waals surface area contributed by atoms with E-state index in [1.807, 2.05) is 30.5 Å². The first-order chi connectivity index (χ1) is 9.78. The molecule has 0 unspecified atom stereocenters. The Balaban J connectivity index is 1.79. The summed E-state index contributed by atoms with van der Waals surface area (Å²) in [6, 6.07) is 12.5. The summed E-state index contributed by atoms with van der Waals surface area (Å²) in [5.74, 6) is -0.212. The second-order valence-electron chi connectivity index (χ2n) is 4.63. The molecule has 1 N–H and O–H groups in total. The van der Waals surface area contributed by atoms with Gasteiger partial charge in [0.2, 0.25) is 0 Å². The molecule has 1 heterocycles. The Bertz CT molecular complexity index is 516. The van der Waals surface area contributed by atoms with E-state index < -0.39 is 0 Å². The number of anilines is 1. The molecule has 0 fully saturated rings. The maximum absolute atomic E-state index is 13.0. The van der Waals surface area contributed by atoms with E-state index in [-0.39, 0.29) is 5.82 Å². The van der Waals surface area contributed by atoms with Crippen molar-refractivity contribution in [3.63, 3.8) is 0 Å². The highest BCUT2D eigenvalue weighted by Gasteiger charge is 2.04. The van der Waals surface area contributed by atoms with Crippen LogP contribution in [0.3, 0.4) is 0 Å². The molecular formula is C16H20FN3. The largest absolute Gasteiger partial charge is 0.384 e. The minimum atomic E-state index is -0.212. The summed E-state index contributed by atoms with van der Waals surface area (Å²) in [6.07, 6.45) is 1.81. The van der Waals surface area contributed by atoms with Gasteiger partial charge in [-0.1, -0.05) is 19.1 Å². The van der Waals surface area contributed by atoms with E-state index in [1.54, 1.807) is 6.07 Å². The number of hydrogen-bond acceptors (Lipinski definition) is 3. The molecule has 0 bridgehead atoms. The quantitative estimate of drug-likeness (QED) is 0.840. The van der Waals surface area contributed by atoms with Gasteiger partial charge in [0.15, 0.2) is 0 Å². The molecule has 0 saturated carbocycles. The lowest BCUT2D eigenvalue weighted by molar-refractivity contribution is 0.287. The minimum absolute atomic E-state index is 0.212. The predicted molar refractivity (Wildman–Crippen MR) is 80.1 cm³/mol. The predicted octanol–water partition coefficient (Wildman–Crippen LogP) is 3.15. The van der Waals surface area contributed by atoms with E-state index in [4.69, 9.17) is 0 Å². The molecule has 1 aromatic heterocycles. The van der Waals surface area contributed by atoms with Crippen LogP contribution >= 0.6 is 0 Å². The normalized spacial score (nSPS) is 10.8. The van der Waals surface area contributed by atoms with E-state index in [2.05, 4.69) is 22.1 Å². The Kier molecular flexibility index (Phi) is 5.50. The van der Waals surface area contributed by atoms with Gasteiger partial charge in [-0.15, -0.1) is 0 Å². The molecule has 20 heavy (non-hydrogen) atoms. The minimum Gasteiger partial charge on any atom is -0.384 e. The van der Waals surface area contributed by atoms with Crippen LogP contribution in [-0.4, -0.2) is 29.5 Å². The second kappa shape index (κ2) is 7.60. The Labute approximate surface area is 119 Å². The van der Waals surface area contributed by atoms with Crippen LogP contribution in [0.25, 0.3) is 0 Å². The zero-order valence-corrected chi connectivity index (χ0v) is 11.7. The third-order valence-corrected chi connectivity index (χ3v) is 3.14. The molecule has 0 amide bonds. The molecular weight excluding hydrogens is 253 g/mol. The average molecular weight is 273 g/mol. The summed E-state index contributed by atoms with van der Waals surface area (Å²) in [5.41, 5.74) is 1.89. The van der Waals surface area contributed by atoms with Crippen LogP contribution in [0.2, 0.25) is 0 Å². The van der Waals surface area contributed by atoms with Crippen LogP contribution in [0.15, 0.2) is 48.7 Å². The van der Waals surface area contributed by atoms with E-state index in [9.17, 15) is 4.39 Å². The summed E-state index contributed by atoms with van der Waals surface area (Å²) in [7, 11) is 0. The van der Waals surface area contributed by atoms with E-state index in [0.29, 0.717) is 0 Å². The maximum Gasteiger partial charge on any atom is 0.125 e. The van der Waals surface area contributed by atoms with Gasteiger partial charge < -0.3 is 5.32 Å². The van der Waals surface area contributed by atoms with Crippen molar-refractivity contribution >= 4 is 5.69 Å². The lowest BCUT2D eigenvalue weighted by Crippen LogP contribution is -2.28. The zero-order valence-electron chi connectivity index (χ0n) is 11.7. The van der Waals surface area contributed by atoms with E-state index in [0.717, 1.165) is 37.6 Å². The number of rotatable bonds is 7. The van der Waals surface area contributed by atoms with Crippen LogP contribution in [0.5, 0.6) is 0 Å². The number of benzene rings is 1. The molecule has 4 heteroatoms. The standard InChI is InChI=1S/C16H20FN3/c1-2-20(13-16-7-3-4-9-18-16)11-10-19-15-8-5-6-14(17)12-15/h3-9,12,19H,2,10-11,13H2,1H3. The smallest absolute Gasteiger partial charge is 0.125 e. The molecule has 0 aliphatic rings. The van der Waals surface area contributed by atoms with Gasteiger partial charge in [0.25, 0.3) is 0 Å². The van der Waals surface area contributed by atoms with Crippen molar-refractivity contribution in [3.05, 3.63) is 60.2 Å². The SMILES string of the molecule is CCN(CCNc1cccc(F)c1)Cc1ccccn1. The first kappa shape index (κ1) is 14.5. The number of pyridine rings is 1. The fraction of sp³-hybridized carbons (Fsp3) is 0.312. The van der Waals surface area contributed by atoms with E-state index >= 15 is 0 Å². The average Bonchev–Trinajstić information content (AvgIpc) is 2.47. The van der Waals surface area contributed by atoms with Crippen LogP contribution in [0.4, 0.5) is 10.1 Å². The maximum atomic E-state index is 13.0. The van der Waals surface area contributed by atoms with Gasteiger partial charge in [0.1, 0.15) is 5.82 Å². The van der Waals surface area contributed by atoms with Gasteiger partial charge in [0, 0.05) is 31.5 Å². The van der Waals surface area contributed by atoms with Crippen molar-refractivity contribution in [1.82, 2.24) is 9.88 Å². The molecule has 0 spiro atoms. The third-order valence-electron chi connectivity index (χ3n) is 3.14. The van der Waals surface area contributed by atoms with Gasteiger partial charge in [0.05, 0.1) is 5.69 Å². The van der Waals surface area contributed by atoms with Gasteiger partial charge in [-0.3, -0.25) is 9.88 Å². The summed E-state index contributed by atoms with van der Waals surface area (Å²) in [6.45, 7) is 5.60. The highest BCUT2D eigenvalue weighted by Crippen LogP contribution is 2.08. The lowest BCUT2D eigenvalue weighted by Gasteiger charge is -2.20. The first-order valence-corrected chi connectivity index (χ1v) is 6.89. The van der Waals surface area contributed by atoms with Gasteiger partial charge in [-0.25, -0.2) is 4.39 Å². The molecule has 0 aliphatic carbocycles. The van der Waals surface area contributed by atoms with Crippen molar-refractivity contribution in [2.45, 2.75) is 13.5 Å². The topological polar surface area (TPSA) is 28.2 Å². The van der Waals surface area contributed by atoms with Crippen molar-refractivity contribution in [2.75, 3.05) is 25.0 Å². The Morgan fingerprint density at radius 3 is 2.80 bits per heavy atom. The molecule has 2 aromatic rings. The Morgan fingerprint density at radius 1 is 1.20 bits per heavy atom. The fourth-order valence-corrected chi connectivity index (χ4v) is 2.03. The molecule has 0 saturated heterocycles. The van der Waals surface area contributed by atoms with E-state index in [1.165, 1.54) is 12.1 Å². The van der Waals surface area contributed by atoms with Crippen LogP contribution in [-0.2, 0) is 6.54 Å². The second-order valence-corrected chi connectivity index (χ2v) is 4.63. The molecule has 0 aliphatic heterocycles. The Morgan fingerprint density at radius 2 is 2.10 bits per heavy atom. The zero-order chi connectivity index (χ0) is 14.2. The van der Waals surface area contributed by atoms with Crippen LogP contribution < -0.4 is 5.32 Å². The summed E-state index contributed by atoms with van der Waals surface area (Å²) < 4.78 is 13.0. The fourth-order valence-electron chi connectivity index (χ4n) is 2.03. The number of halogens is 1. The highest BCUT2D eigenvalue weighted by atomic mass is 19.1. The molecule has 0 radical (unpaired) electrons. The summed E-state index contributed by atoms with van der Waals surface area (Å²) in [4.78, 5) is 6.63. The Hall–Kier alpha value is -1.94. The number of likely N-dealkylation sites (N-methyl/N-ethyl adjacent to an activating group) is 1. The van der Waals surface area contributed by atoms with Crippen LogP contribution in [0, 0.1) is 5.82 Å².